The fraction of sp³-hybridized carbons (Fsp3) is 0.167. The van der Waals surface area contributed by atoms with E-state index in [4.69, 9.17) is 9.47 Å². The van der Waals surface area contributed by atoms with Crippen molar-refractivity contribution in [2.45, 2.75) is 18.4 Å². The Morgan fingerprint density at radius 1 is 0.964 bits per heavy atom. The van der Waals surface area contributed by atoms with Crippen molar-refractivity contribution >= 4 is 11.8 Å². The number of esters is 1. The van der Waals surface area contributed by atoms with E-state index in [0.717, 1.165) is 11.1 Å². The third kappa shape index (κ3) is 3.41. The molecule has 0 aromatic heterocycles. The first-order chi connectivity index (χ1) is 13.7. The monoisotopic (exact) mass is 372 g/mol. The summed E-state index contributed by atoms with van der Waals surface area (Å²) in [7, 11) is 1.59. The van der Waals surface area contributed by atoms with Gasteiger partial charge in [-0.05, 0) is 35.9 Å². The van der Waals surface area contributed by atoms with Gasteiger partial charge in [0.15, 0.2) is 5.78 Å². The van der Waals surface area contributed by atoms with Crippen LogP contribution < -0.4 is 4.74 Å². The van der Waals surface area contributed by atoms with Gasteiger partial charge in [-0.1, -0.05) is 48.5 Å². The Morgan fingerprint density at radius 3 is 2.36 bits per heavy atom. The van der Waals surface area contributed by atoms with Gasteiger partial charge in [0, 0.05) is 23.5 Å². The highest BCUT2D eigenvalue weighted by atomic mass is 16.5. The van der Waals surface area contributed by atoms with Crippen molar-refractivity contribution in [3.63, 3.8) is 0 Å². The molecule has 0 radical (unpaired) electrons. The lowest BCUT2D eigenvalue weighted by atomic mass is 9.84. The average molecular weight is 372 g/mol. The van der Waals surface area contributed by atoms with Crippen molar-refractivity contribution in [1.29, 1.82) is 0 Å². The molecule has 3 aromatic rings. The number of benzene rings is 3. The van der Waals surface area contributed by atoms with E-state index in [1.807, 2.05) is 48.5 Å². The van der Waals surface area contributed by atoms with E-state index in [2.05, 4.69) is 0 Å². The second-order valence-electron chi connectivity index (χ2n) is 6.79. The Morgan fingerprint density at radius 2 is 1.64 bits per heavy atom. The zero-order valence-corrected chi connectivity index (χ0v) is 15.5. The van der Waals surface area contributed by atoms with Gasteiger partial charge in [-0.25, -0.2) is 4.79 Å². The number of methoxy groups -OCH3 is 1. The average Bonchev–Trinajstić information content (AvgIpc) is 3.09. The first kappa shape index (κ1) is 18.0. The number of ketones is 1. The number of hydrogen-bond acceptors (Lipinski definition) is 4. The van der Waals surface area contributed by atoms with Gasteiger partial charge in [-0.15, -0.1) is 0 Å². The lowest BCUT2D eigenvalue weighted by Gasteiger charge is -2.23. The molecule has 4 rings (SSSR count). The molecule has 0 aliphatic carbocycles. The highest BCUT2D eigenvalue weighted by molar-refractivity contribution is 5.97. The van der Waals surface area contributed by atoms with Crippen LogP contribution in [0.4, 0.5) is 0 Å². The fourth-order valence-corrected chi connectivity index (χ4v) is 3.67. The van der Waals surface area contributed by atoms with Gasteiger partial charge in [0.05, 0.1) is 12.7 Å². The maximum atomic E-state index is 13.0. The number of carbonyl (C=O) groups is 2. The van der Waals surface area contributed by atoms with Crippen LogP contribution >= 0.6 is 0 Å². The molecule has 1 heterocycles. The predicted octanol–water partition coefficient (Wildman–Crippen LogP) is 4.96. The third-order valence-corrected chi connectivity index (χ3v) is 5.13. The normalized spacial score (nSPS) is 16.2. The first-order valence-electron chi connectivity index (χ1n) is 9.19. The number of cyclic esters (lactones) is 1. The maximum absolute atomic E-state index is 13.0. The summed E-state index contributed by atoms with van der Waals surface area (Å²) < 4.78 is 10.9. The molecule has 4 heteroatoms. The lowest BCUT2D eigenvalue weighted by molar-refractivity contribution is 0.0312. The van der Waals surface area contributed by atoms with Crippen LogP contribution in [0.1, 0.15) is 50.3 Å². The molecule has 0 fully saturated rings. The fourth-order valence-electron chi connectivity index (χ4n) is 3.67. The number of hydrogen-bond donors (Lipinski definition) is 0. The number of rotatable bonds is 6. The highest BCUT2D eigenvalue weighted by Crippen LogP contribution is 2.43. The largest absolute Gasteiger partial charge is 0.497 e. The molecule has 0 spiro atoms. The van der Waals surface area contributed by atoms with Crippen LogP contribution in [0.5, 0.6) is 5.75 Å². The molecule has 0 saturated heterocycles. The summed E-state index contributed by atoms with van der Waals surface area (Å²) in [5.41, 5.74) is 2.99. The minimum absolute atomic E-state index is 0.00284. The SMILES string of the molecule is COc1ccc(C(=O)CC(c2ccccc2)C2OC(=O)c3ccccc32)cc1. The molecular formula is C24H20O4. The summed E-state index contributed by atoms with van der Waals surface area (Å²) in [4.78, 5) is 25.3. The summed E-state index contributed by atoms with van der Waals surface area (Å²) in [6.45, 7) is 0. The van der Waals surface area contributed by atoms with E-state index in [1.165, 1.54) is 0 Å². The van der Waals surface area contributed by atoms with E-state index in [0.29, 0.717) is 16.9 Å². The van der Waals surface area contributed by atoms with Crippen molar-refractivity contribution < 1.29 is 19.1 Å². The Hall–Kier alpha value is -3.40. The quantitative estimate of drug-likeness (QED) is 0.453. The topological polar surface area (TPSA) is 52.6 Å². The number of carbonyl (C=O) groups excluding carboxylic acids is 2. The van der Waals surface area contributed by atoms with Gasteiger partial charge < -0.3 is 9.47 Å². The van der Waals surface area contributed by atoms with Crippen LogP contribution in [0, 0.1) is 0 Å². The zero-order valence-electron chi connectivity index (χ0n) is 15.5. The summed E-state index contributed by atoms with van der Waals surface area (Å²) in [5.74, 6) is 0.105. The second-order valence-corrected chi connectivity index (χ2v) is 6.79. The molecule has 2 atom stereocenters. The number of ether oxygens (including phenoxy) is 2. The summed E-state index contributed by atoms with van der Waals surface area (Å²) in [6, 6.07) is 24.2. The maximum Gasteiger partial charge on any atom is 0.339 e. The van der Waals surface area contributed by atoms with E-state index >= 15 is 0 Å². The molecule has 3 aromatic carbocycles. The van der Waals surface area contributed by atoms with Crippen molar-refractivity contribution in [1.82, 2.24) is 0 Å². The van der Waals surface area contributed by atoms with Crippen LogP contribution in [0.25, 0.3) is 0 Å². The minimum Gasteiger partial charge on any atom is -0.497 e. The van der Waals surface area contributed by atoms with Gasteiger partial charge in [0.25, 0.3) is 0 Å². The van der Waals surface area contributed by atoms with E-state index < -0.39 is 6.10 Å². The summed E-state index contributed by atoms with van der Waals surface area (Å²) >= 11 is 0. The van der Waals surface area contributed by atoms with Crippen molar-refractivity contribution in [3.05, 3.63) is 101 Å². The van der Waals surface area contributed by atoms with Gasteiger partial charge in [-0.2, -0.15) is 0 Å². The molecule has 1 aliphatic rings. The molecule has 28 heavy (non-hydrogen) atoms. The molecule has 0 amide bonds. The van der Waals surface area contributed by atoms with Crippen LogP contribution in [-0.2, 0) is 4.74 Å². The molecule has 4 nitrogen and oxygen atoms in total. The van der Waals surface area contributed by atoms with Crippen molar-refractivity contribution in [2.75, 3.05) is 7.11 Å². The molecular weight excluding hydrogens is 352 g/mol. The van der Waals surface area contributed by atoms with Crippen LogP contribution in [0.2, 0.25) is 0 Å². The molecule has 0 saturated carbocycles. The molecule has 140 valence electrons. The summed E-state index contributed by atoms with van der Waals surface area (Å²) in [5, 5.41) is 0. The summed E-state index contributed by atoms with van der Waals surface area (Å²) in [6.07, 6.45) is -0.240. The second kappa shape index (κ2) is 7.69. The van der Waals surface area contributed by atoms with Gasteiger partial charge in [-0.3, -0.25) is 4.79 Å². The van der Waals surface area contributed by atoms with Gasteiger partial charge in [0.2, 0.25) is 0 Å². The Balaban J connectivity index is 1.67. The smallest absolute Gasteiger partial charge is 0.339 e. The Kier molecular flexibility index (Phi) is 4.94. The molecule has 1 aliphatic heterocycles. The first-order valence-corrected chi connectivity index (χ1v) is 9.19. The predicted molar refractivity (Wildman–Crippen MR) is 106 cm³/mol. The zero-order chi connectivity index (χ0) is 19.5. The van der Waals surface area contributed by atoms with Crippen LogP contribution in [-0.4, -0.2) is 18.9 Å². The Labute approximate surface area is 163 Å². The van der Waals surface area contributed by atoms with Crippen molar-refractivity contribution in [3.8, 4) is 5.75 Å². The van der Waals surface area contributed by atoms with Gasteiger partial charge in [0.1, 0.15) is 11.9 Å². The Bertz CT molecular complexity index is 993. The molecule has 0 N–H and O–H groups in total. The van der Waals surface area contributed by atoms with Crippen LogP contribution in [0.15, 0.2) is 78.9 Å². The number of Topliss-reactive ketones (excluding diaryl/α,β-unsaturated/α-hetero) is 1. The molecule has 0 bridgehead atoms. The third-order valence-electron chi connectivity index (χ3n) is 5.13. The lowest BCUT2D eigenvalue weighted by Crippen LogP contribution is -2.16. The standard InChI is InChI=1S/C24H20O4/c1-27-18-13-11-17(12-14-18)22(25)15-21(16-7-3-2-4-8-16)23-19-9-5-6-10-20(19)24(26)28-23/h2-14,21,23H,15H2,1H3. The highest BCUT2D eigenvalue weighted by Gasteiger charge is 2.38. The van der Waals surface area contributed by atoms with Crippen molar-refractivity contribution in [2.24, 2.45) is 0 Å². The van der Waals surface area contributed by atoms with E-state index in [-0.39, 0.29) is 24.1 Å². The number of fused-ring (bicyclic) bond motifs is 1. The molecule has 2 unspecified atom stereocenters. The van der Waals surface area contributed by atoms with Crippen LogP contribution in [0.3, 0.4) is 0 Å². The van der Waals surface area contributed by atoms with E-state index in [1.54, 1.807) is 37.4 Å². The van der Waals surface area contributed by atoms with Gasteiger partial charge >= 0.3 is 5.97 Å². The minimum atomic E-state index is -0.478. The van der Waals surface area contributed by atoms with E-state index in [9.17, 15) is 9.59 Å².